The van der Waals surface area contributed by atoms with Gasteiger partial charge in [-0.1, -0.05) is 41.4 Å². The highest BCUT2D eigenvalue weighted by Crippen LogP contribution is 2.38. The molecule has 2 heterocycles. The molecule has 2 aromatic heterocycles. The average molecular weight is 324 g/mol. The maximum absolute atomic E-state index is 6.25. The first-order valence-electron chi connectivity index (χ1n) is 5.94. The van der Waals surface area contributed by atoms with Gasteiger partial charge < -0.3 is 0 Å². The number of hydrogen-bond acceptors (Lipinski definition) is 4. The number of benzene rings is 1. The van der Waals surface area contributed by atoms with E-state index in [4.69, 9.17) is 29.0 Å². The molecule has 1 aromatic carbocycles. The van der Waals surface area contributed by atoms with Gasteiger partial charge in [-0.25, -0.2) is 5.43 Å². The molecule has 0 radical (unpaired) electrons. The van der Waals surface area contributed by atoms with Crippen LogP contribution in [0.25, 0.3) is 10.8 Å². The fourth-order valence-electron chi connectivity index (χ4n) is 2.30. The number of thiophene rings is 1. The van der Waals surface area contributed by atoms with E-state index in [2.05, 4.69) is 10.4 Å². The predicted molar refractivity (Wildman–Crippen MR) is 85.2 cm³/mol. The summed E-state index contributed by atoms with van der Waals surface area (Å²) in [6.45, 7) is 0. The van der Waals surface area contributed by atoms with E-state index in [1.807, 2.05) is 36.5 Å². The number of hydrazine groups is 1. The molecule has 1 atom stereocenters. The summed E-state index contributed by atoms with van der Waals surface area (Å²) in [5, 5.41) is 2.14. The first-order chi connectivity index (χ1) is 9.70. The Labute approximate surface area is 130 Å². The third-order valence-corrected chi connectivity index (χ3v) is 4.70. The molecule has 0 saturated heterocycles. The van der Waals surface area contributed by atoms with Gasteiger partial charge in [0.1, 0.15) is 0 Å². The Kier molecular flexibility index (Phi) is 3.92. The Hall–Kier alpha value is -1.17. The van der Waals surface area contributed by atoms with Crippen molar-refractivity contribution in [3.63, 3.8) is 0 Å². The van der Waals surface area contributed by atoms with Gasteiger partial charge in [-0.15, -0.1) is 11.3 Å². The van der Waals surface area contributed by atoms with E-state index in [0.717, 1.165) is 21.9 Å². The van der Waals surface area contributed by atoms with Gasteiger partial charge in [-0.3, -0.25) is 10.8 Å². The van der Waals surface area contributed by atoms with Crippen molar-refractivity contribution in [2.24, 2.45) is 5.84 Å². The molecule has 0 saturated carbocycles. The lowest BCUT2D eigenvalue weighted by atomic mass is 9.96. The second kappa shape index (κ2) is 5.68. The second-order valence-corrected chi connectivity index (χ2v) is 6.61. The number of nitrogens with two attached hydrogens (primary N) is 1. The molecule has 6 heteroatoms. The van der Waals surface area contributed by atoms with E-state index in [1.165, 1.54) is 11.3 Å². The van der Waals surface area contributed by atoms with Gasteiger partial charge in [-0.2, -0.15) is 0 Å². The monoisotopic (exact) mass is 323 g/mol. The van der Waals surface area contributed by atoms with Gasteiger partial charge >= 0.3 is 0 Å². The molecule has 3 N–H and O–H groups in total. The minimum atomic E-state index is -0.211. The molecule has 102 valence electrons. The van der Waals surface area contributed by atoms with Crippen molar-refractivity contribution in [3.8, 4) is 0 Å². The van der Waals surface area contributed by atoms with Crippen LogP contribution in [0.5, 0.6) is 0 Å². The summed E-state index contributed by atoms with van der Waals surface area (Å²) in [7, 11) is 0. The van der Waals surface area contributed by atoms with E-state index in [1.54, 1.807) is 6.20 Å². The highest BCUT2D eigenvalue weighted by atomic mass is 35.5. The largest absolute Gasteiger partial charge is 0.271 e. The highest BCUT2D eigenvalue weighted by molar-refractivity contribution is 7.20. The number of halogens is 2. The average Bonchev–Trinajstić information content (AvgIpc) is 2.79. The summed E-state index contributed by atoms with van der Waals surface area (Å²) in [6.07, 6.45) is 3.59. The normalized spacial score (nSPS) is 12.8. The number of fused-ring (bicyclic) bond motifs is 1. The van der Waals surface area contributed by atoms with Crippen molar-refractivity contribution < 1.29 is 0 Å². The standard InChI is InChI=1S/C14H11Cl2N3S/c15-12-6-11(14(16)20-12)13(19-17)10-3-1-2-8-7-18-5-4-9(8)10/h1-7,13,19H,17H2. The zero-order chi connectivity index (χ0) is 14.1. The van der Waals surface area contributed by atoms with Gasteiger partial charge in [-0.05, 0) is 23.1 Å². The van der Waals surface area contributed by atoms with E-state index >= 15 is 0 Å². The fourth-order valence-corrected chi connectivity index (χ4v) is 3.83. The van der Waals surface area contributed by atoms with Crippen molar-refractivity contribution in [1.82, 2.24) is 10.4 Å². The molecule has 3 rings (SSSR count). The SMILES string of the molecule is NNC(c1cc(Cl)sc1Cl)c1cccc2cnccc12. The van der Waals surface area contributed by atoms with Gasteiger partial charge in [0.2, 0.25) is 0 Å². The minimum Gasteiger partial charge on any atom is -0.271 e. The van der Waals surface area contributed by atoms with E-state index in [-0.39, 0.29) is 6.04 Å². The second-order valence-electron chi connectivity index (χ2n) is 4.32. The van der Waals surface area contributed by atoms with E-state index in [0.29, 0.717) is 8.67 Å². The van der Waals surface area contributed by atoms with Crippen LogP contribution in [0.2, 0.25) is 8.67 Å². The van der Waals surface area contributed by atoms with Crippen LogP contribution in [0, 0.1) is 0 Å². The van der Waals surface area contributed by atoms with Crippen molar-refractivity contribution in [2.75, 3.05) is 0 Å². The molecule has 0 amide bonds. The molecular weight excluding hydrogens is 313 g/mol. The zero-order valence-electron chi connectivity index (χ0n) is 10.3. The van der Waals surface area contributed by atoms with Crippen LogP contribution in [0.15, 0.2) is 42.7 Å². The lowest BCUT2D eigenvalue weighted by molar-refractivity contribution is 0.643. The number of rotatable bonds is 3. The van der Waals surface area contributed by atoms with Gasteiger partial charge in [0.25, 0.3) is 0 Å². The Bertz CT molecular complexity index is 752. The number of hydrogen-bond donors (Lipinski definition) is 2. The fraction of sp³-hybridized carbons (Fsp3) is 0.0714. The van der Waals surface area contributed by atoms with Crippen LogP contribution in [0.4, 0.5) is 0 Å². The first kappa shape index (κ1) is 13.8. The van der Waals surface area contributed by atoms with Crippen LogP contribution in [0.3, 0.4) is 0 Å². The van der Waals surface area contributed by atoms with E-state index in [9.17, 15) is 0 Å². The Morgan fingerprint density at radius 3 is 2.75 bits per heavy atom. The first-order valence-corrected chi connectivity index (χ1v) is 7.51. The lowest BCUT2D eigenvalue weighted by Crippen LogP contribution is -2.28. The van der Waals surface area contributed by atoms with Crippen LogP contribution in [-0.2, 0) is 0 Å². The maximum atomic E-state index is 6.25. The molecule has 0 bridgehead atoms. The van der Waals surface area contributed by atoms with Crippen LogP contribution < -0.4 is 11.3 Å². The van der Waals surface area contributed by atoms with Gasteiger partial charge in [0.05, 0.1) is 14.7 Å². The van der Waals surface area contributed by atoms with Crippen LogP contribution in [-0.4, -0.2) is 4.98 Å². The summed E-state index contributed by atoms with van der Waals surface area (Å²) >= 11 is 13.6. The van der Waals surface area contributed by atoms with Crippen molar-refractivity contribution in [2.45, 2.75) is 6.04 Å². The summed E-state index contributed by atoms with van der Waals surface area (Å²) < 4.78 is 1.29. The van der Waals surface area contributed by atoms with Crippen LogP contribution in [0.1, 0.15) is 17.2 Å². The molecule has 1 unspecified atom stereocenters. The number of aromatic nitrogens is 1. The van der Waals surface area contributed by atoms with E-state index < -0.39 is 0 Å². The highest BCUT2D eigenvalue weighted by Gasteiger charge is 2.20. The third kappa shape index (κ3) is 2.41. The molecule has 0 spiro atoms. The predicted octanol–water partition coefficient (Wildman–Crippen LogP) is 4.16. The van der Waals surface area contributed by atoms with Gasteiger partial charge in [0, 0.05) is 23.3 Å². The summed E-state index contributed by atoms with van der Waals surface area (Å²) in [5.41, 5.74) is 4.75. The smallest absolute Gasteiger partial charge is 0.0995 e. The minimum absolute atomic E-state index is 0.211. The molecule has 0 fully saturated rings. The number of nitrogens with one attached hydrogen (secondary N) is 1. The van der Waals surface area contributed by atoms with Gasteiger partial charge in [0.15, 0.2) is 0 Å². The van der Waals surface area contributed by atoms with Crippen molar-refractivity contribution in [1.29, 1.82) is 0 Å². The number of pyridine rings is 1. The third-order valence-electron chi connectivity index (χ3n) is 3.19. The molecule has 3 nitrogen and oxygen atoms in total. The van der Waals surface area contributed by atoms with Crippen molar-refractivity contribution in [3.05, 3.63) is 62.5 Å². The summed E-state index contributed by atoms with van der Waals surface area (Å²) in [4.78, 5) is 4.14. The molecular formula is C14H11Cl2N3S. The molecule has 3 aromatic rings. The quantitative estimate of drug-likeness (QED) is 0.562. The maximum Gasteiger partial charge on any atom is 0.0995 e. The number of nitrogens with zero attached hydrogens (tertiary/aromatic N) is 1. The Morgan fingerprint density at radius 1 is 1.20 bits per heavy atom. The Balaban J connectivity index is 2.19. The Morgan fingerprint density at radius 2 is 2.05 bits per heavy atom. The summed E-state index contributed by atoms with van der Waals surface area (Å²) in [6, 6.07) is 9.62. The van der Waals surface area contributed by atoms with Crippen molar-refractivity contribution >= 4 is 45.3 Å². The molecule has 0 aliphatic heterocycles. The molecule has 0 aliphatic rings. The molecule has 0 aliphatic carbocycles. The van der Waals surface area contributed by atoms with Crippen LogP contribution >= 0.6 is 34.5 Å². The molecule has 20 heavy (non-hydrogen) atoms. The lowest BCUT2D eigenvalue weighted by Gasteiger charge is -2.18. The zero-order valence-corrected chi connectivity index (χ0v) is 12.6. The topological polar surface area (TPSA) is 50.9 Å². The summed E-state index contributed by atoms with van der Waals surface area (Å²) in [5.74, 6) is 5.74.